The predicted octanol–water partition coefficient (Wildman–Crippen LogP) is 3.70. The Morgan fingerprint density at radius 1 is 1.22 bits per heavy atom. The van der Waals surface area contributed by atoms with Crippen LogP contribution in [0.15, 0.2) is 5.18 Å². The van der Waals surface area contributed by atoms with Crippen LogP contribution in [0.3, 0.4) is 0 Å². The third kappa shape index (κ3) is 2.68. The third-order valence-corrected chi connectivity index (χ3v) is 5.20. The topological polar surface area (TPSA) is 76.3 Å². The Kier molecular flexibility index (Phi) is 4.02. The first-order valence-corrected chi connectivity index (χ1v) is 8.58. The SMILES string of the molecule is Cc1nn(C(C)(C)C)c2c1[C@H](C1CCCCC1)[C@@H](N=O)C(=O)N2. The fourth-order valence-electron chi connectivity index (χ4n) is 4.16. The van der Waals surface area contributed by atoms with Crippen LogP contribution in [0.25, 0.3) is 0 Å². The Bertz CT molecular complexity index is 623. The minimum Gasteiger partial charge on any atom is -0.309 e. The summed E-state index contributed by atoms with van der Waals surface area (Å²) in [7, 11) is 0. The quantitative estimate of drug-likeness (QED) is 0.845. The molecule has 1 N–H and O–H groups in total. The molecule has 0 bridgehead atoms. The monoisotopic (exact) mass is 318 g/mol. The minimum atomic E-state index is -0.832. The van der Waals surface area contributed by atoms with Crippen LogP contribution in [0.2, 0.25) is 0 Å². The highest BCUT2D eigenvalue weighted by atomic mass is 16.3. The predicted molar refractivity (Wildman–Crippen MR) is 89.5 cm³/mol. The van der Waals surface area contributed by atoms with Crippen molar-refractivity contribution >= 4 is 11.7 Å². The largest absolute Gasteiger partial charge is 0.309 e. The zero-order chi connectivity index (χ0) is 16.8. The zero-order valence-electron chi connectivity index (χ0n) is 14.4. The van der Waals surface area contributed by atoms with Gasteiger partial charge < -0.3 is 5.32 Å². The van der Waals surface area contributed by atoms with Crippen LogP contribution in [0.5, 0.6) is 0 Å². The van der Waals surface area contributed by atoms with E-state index in [9.17, 15) is 9.70 Å². The summed E-state index contributed by atoms with van der Waals surface area (Å²) < 4.78 is 1.88. The van der Waals surface area contributed by atoms with Crippen molar-refractivity contribution in [1.82, 2.24) is 9.78 Å². The number of nitrogens with zero attached hydrogens (tertiary/aromatic N) is 3. The van der Waals surface area contributed by atoms with Gasteiger partial charge in [-0.1, -0.05) is 24.4 Å². The Morgan fingerprint density at radius 3 is 2.43 bits per heavy atom. The number of aromatic nitrogens is 2. The molecule has 2 aliphatic rings. The maximum Gasteiger partial charge on any atom is 0.254 e. The average molecular weight is 318 g/mol. The molecule has 1 fully saturated rings. The van der Waals surface area contributed by atoms with E-state index in [1.807, 2.05) is 11.6 Å². The number of carbonyl (C=O) groups excluding carboxylic acids is 1. The summed E-state index contributed by atoms with van der Waals surface area (Å²) in [6.45, 7) is 8.15. The molecule has 1 amide bonds. The molecule has 2 heterocycles. The molecule has 0 aromatic carbocycles. The molecular weight excluding hydrogens is 292 g/mol. The second kappa shape index (κ2) is 5.73. The number of carbonyl (C=O) groups is 1. The molecule has 23 heavy (non-hydrogen) atoms. The van der Waals surface area contributed by atoms with Crippen LogP contribution in [-0.4, -0.2) is 21.7 Å². The van der Waals surface area contributed by atoms with Crippen molar-refractivity contribution in [3.63, 3.8) is 0 Å². The number of fused-ring (bicyclic) bond motifs is 1. The molecule has 1 aliphatic carbocycles. The molecule has 0 spiro atoms. The van der Waals surface area contributed by atoms with Crippen molar-refractivity contribution in [2.75, 3.05) is 5.32 Å². The molecule has 1 aromatic heterocycles. The smallest absolute Gasteiger partial charge is 0.254 e. The van der Waals surface area contributed by atoms with Gasteiger partial charge in [0.1, 0.15) is 5.82 Å². The third-order valence-electron chi connectivity index (χ3n) is 5.20. The van der Waals surface area contributed by atoms with Crippen LogP contribution in [0.4, 0.5) is 5.82 Å². The van der Waals surface area contributed by atoms with Gasteiger partial charge in [-0.15, -0.1) is 4.91 Å². The Labute approximate surface area is 137 Å². The van der Waals surface area contributed by atoms with Gasteiger partial charge in [0.25, 0.3) is 5.91 Å². The molecular formula is C17H26N4O2. The molecule has 2 atom stereocenters. The standard InChI is InChI=1S/C17H26N4O2/c1-10-12-13(11-8-6-5-7-9-11)14(20-23)16(22)18-15(12)21(19-10)17(2,3)4/h11,13-14H,5-9H2,1-4H3,(H,18,22)/t13-,14+/m0/s1. The van der Waals surface area contributed by atoms with E-state index in [0.717, 1.165) is 42.8 Å². The molecule has 3 rings (SSSR count). The molecule has 6 heteroatoms. The zero-order valence-corrected chi connectivity index (χ0v) is 14.4. The number of anilines is 1. The lowest BCUT2D eigenvalue weighted by molar-refractivity contribution is -0.118. The number of hydrogen-bond donors (Lipinski definition) is 1. The number of nitrogens with one attached hydrogen (secondary N) is 1. The van der Waals surface area contributed by atoms with E-state index in [-0.39, 0.29) is 17.4 Å². The second-order valence-electron chi connectivity index (χ2n) is 7.89. The van der Waals surface area contributed by atoms with Gasteiger partial charge >= 0.3 is 0 Å². The van der Waals surface area contributed by atoms with Crippen LogP contribution >= 0.6 is 0 Å². The first-order chi connectivity index (χ1) is 10.8. The Morgan fingerprint density at radius 2 is 1.87 bits per heavy atom. The summed E-state index contributed by atoms with van der Waals surface area (Å²) in [5.74, 6) is 0.684. The Hall–Kier alpha value is -1.72. The van der Waals surface area contributed by atoms with E-state index >= 15 is 0 Å². The van der Waals surface area contributed by atoms with Crippen molar-refractivity contribution in [3.8, 4) is 0 Å². The molecule has 0 saturated heterocycles. The van der Waals surface area contributed by atoms with E-state index in [4.69, 9.17) is 0 Å². The van der Waals surface area contributed by atoms with Crippen molar-refractivity contribution in [1.29, 1.82) is 0 Å². The number of amides is 1. The fraction of sp³-hybridized carbons (Fsp3) is 0.765. The molecule has 1 aromatic rings. The van der Waals surface area contributed by atoms with Crippen LogP contribution in [0, 0.1) is 17.7 Å². The highest BCUT2D eigenvalue weighted by molar-refractivity contribution is 5.98. The Balaban J connectivity index is 2.13. The highest BCUT2D eigenvalue weighted by Gasteiger charge is 2.45. The first kappa shape index (κ1) is 16.1. The van der Waals surface area contributed by atoms with Gasteiger partial charge in [-0.3, -0.25) is 4.79 Å². The maximum atomic E-state index is 12.5. The average Bonchev–Trinajstić information content (AvgIpc) is 2.83. The molecule has 1 aliphatic heterocycles. The van der Waals surface area contributed by atoms with Gasteiger partial charge in [0.05, 0.1) is 11.2 Å². The summed E-state index contributed by atoms with van der Waals surface area (Å²) in [6, 6.07) is -0.832. The van der Waals surface area contributed by atoms with E-state index in [1.165, 1.54) is 6.42 Å². The lowest BCUT2D eigenvalue weighted by atomic mass is 9.72. The molecule has 126 valence electrons. The van der Waals surface area contributed by atoms with Gasteiger partial charge in [-0.05, 0) is 46.5 Å². The summed E-state index contributed by atoms with van der Waals surface area (Å²) >= 11 is 0. The van der Waals surface area contributed by atoms with Gasteiger partial charge in [-0.25, -0.2) is 4.68 Å². The van der Waals surface area contributed by atoms with Gasteiger partial charge in [-0.2, -0.15) is 5.10 Å². The first-order valence-electron chi connectivity index (χ1n) is 8.58. The molecule has 1 saturated carbocycles. The minimum absolute atomic E-state index is 0.132. The number of aryl methyl sites for hydroxylation is 1. The van der Waals surface area contributed by atoms with Gasteiger partial charge in [0.2, 0.25) is 0 Å². The van der Waals surface area contributed by atoms with E-state index in [1.54, 1.807) is 0 Å². The molecule has 0 unspecified atom stereocenters. The van der Waals surface area contributed by atoms with Crippen molar-refractivity contribution in [2.45, 2.75) is 77.3 Å². The summed E-state index contributed by atoms with van der Waals surface area (Å²) in [4.78, 5) is 23.9. The van der Waals surface area contributed by atoms with Crippen molar-refractivity contribution in [2.24, 2.45) is 11.1 Å². The lowest BCUT2D eigenvalue weighted by Crippen LogP contribution is -2.41. The fourth-order valence-corrected chi connectivity index (χ4v) is 4.16. The second-order valence-corrected chi connectivity index (χ2v) is 7.89. The van der Waals surface area contributed by atoms with Gasteiger partial charge in [0.15, 0.2) is 6.04 Å². The van der Waals surface area contributed by atoms with Crippen molar-refractivity contribution < 1.29 is 4.79 Å². The van der Waals surface area contributed by atoms with Gasteiger partial charge in [0, 0.05) is 11.5 Å². The molecule has 6 nitrogen and oxygen atoms in total. The summed E-state index contributed by atoms with van der Waals surface area (Å²) in [6.07, 6.45) is 5.68. The van der Waals surface area contributed by atoms with Crippen LogP contribution in [0.1, 0.15) is 70.1 Å². The van der Waals surface area contributed by atoms with E-state index < -0.39 is 6.04 Å². The van der Waals surface area contributed by atoms with E-state index in [0.29, 0.717) is 5.92 Å². The van der Waals surface area contributed by atoms with Crippen LogP contribution < -0.4 is 5.32 Å². The lowest BCUT2D eigenvalue weighted by Gasteiger charge is -2.36. The van der Waals surface area contributed by atoms with Crippen LogP contribution in [-0.2, 0) is 10.3 Å². The number of rotatable bonds is 2. The normalized spacial score (nSPS) is 25.8. The highest BCUT2D eigenvalue weighted by Crippen LogP contribution is 2.46. The number of nitroso groups, excluding NO2 is 1. The summed E-state index contributed by atoms with van der Waals surface area (Å²) in [5.41, 5.74) is 1.69. The molecule has 0 radical (unpaired) electrons. The number of hydrogen-bond acceptors (Lipinski definition) is 4. The maximum absolute atomic E-state index is 12.5. The summed E-state index contributed by atoms with van der Waals surface area (Å²) in [5, 5.41) is 10.8. The van der Waals surface area contributed by atoms with E-state index in [2.05, 4.69) is 36.4 Å². The van der Waals surface area contributed by atoms with Crippen molar-refractivity contribution in [3.05, 3.63) is 16.2 Å².